The first-order chi connectivity index (χ1) is 8.15. The van der Waals surface area contributed by atoms with Gasteiger partial charge in [-0.3, -0.25) is 0 Å². The summed E-state index contributed by atoms with van der Waals surface area (Å²) in [6.07, 6.45) is 3.12. The smallest absolute Gasteiger partial charge is 0.0431 e. The molecule has 17 heavy (non-hydrogen) atoms. The normalized spacial score (nSPS) is 10.9. The molecule has 2 N–H and O–H groups in total. The third kappa shape index (κ3) is 4.78. The van der Waals surface area contributed by atoms with Gasteiger partial charge in [0.2, 0.25) is 0 Å². The second-order valence-electron chi connectivity index (χ2n) is 4.94. The van der Waals surface area contributed by atoms with Crippen molar-refractivity contribution in [1.82, 2.24) is 0 Å². The van der Waals surface area contributed by atoms with Crippen molar-refractivity contribution in [3.63, 3.8) is 0 Å². The summed E-state index contributed by atoms with van der Waals surface area (Å²) in [5.74, 6) is 0.591. The van der Waals surface area contributed by atoms with Gasteiger partial charge in [0.15, 0.2) is 0 Å². The Morgan fingerprint density at radius 1 is 1.18 bits per heavy atom. The van der Waals surface area contributed by atoms with E-state index in [4.69, 9.17) is 5.11 Å². The summed E-state index contributed by atoms with van der Waals surface area (Å²) in [4.78, 5) is 0. The number of aliphatic hydroxyl groups is 1. The Kier molecular flexibility index (Phi) is 6.06. The quantitative estimate of drug-likeness (QED) is 0.706. The molecule has 1 aromatic rings. The monoisotopic (exact) mass is 235 g/mol. The molecule has 0 amide bonds. The summed E-state index contributed by atoms with van der Waals surface area (Å²) in [6.45, 7) is 7.92. The number of aryl methyl sites for hydroxylation is 1. The molecule has 1 aromatic carbocycles. The van der Waals surface area contributed by atoms with E-state index in [0.29, 0.717) is 12.5 Å². The van der Waals surface area contributed by atoms with Crippen LogP contribution in [-0.4, -0.2) is 18.3 Å². The Bertz CT molecular complexity index is 334. The zero-order valence-electron chi connectivity index (χ0n) is 11.3. The van der Waals surface area contributed by atoms with E-state index in [1.54, 1.807) is 0 Å². The Labute approximate surface area is 105 Å². The van der Waals surface area contributed by atoms with Crippen LogP contribution in [0.1, 0.15) is 50.2 Å². The molecule has 1 rings (SSSR count). The molecule has 0 heterocycles. The zero-order chi connectivity index (χ0) is 12.7. The molecular formula is C15H25NO. The van der Waals surface area contributed by atoms with Crippen molar-refractivity contribution < 1.29 is 5.11 Å². The summed E-state index contributed by atoms with van der Waals surface area (Å²) in [6, 6.07) is 6.60. The highest BCUT2D eigenvalue weighted by Gasteiger charge is 2.03. The minimum Gasteiger partial charge on any atom is -0.396 e. The van der Waals surface area contributed by atoms with Crippen molar-refractivity contribution in [2.45, 2.75) is 46.0 Å². The molecule has 2 nitrogen and oxygen atoms in total. The van der Waals surface area contributed by atoms with E-state index in [1.165, 1.54) is 16.8 Å². The fraction of sp³-hybridized carbons (Fsp3) is 0.600. The Balaban J connectivity index is 2.42. The van der Waals surface area contributed by atoms with Gasteiger partial charge in [-0.25, -0.2) is 0 Å². The molecule has 0 aliphatic carbocycles. The maximum absolute atomic E-state index is 8.68. The van der Waals surface area contributed by atoms with Crippen LogP contribution >= 0.6 is 0 Å². The number of hydrogen-bond acceptors (Lipinski definition) is 2. The summed E-state index contributed by atoms with van der Waals surface area (Å²) in [5, 5.41) is 12.1. The van der Waals surface area contributed by atoms with Gasteiger partial charge in [-0.1, -0.05) is 19.9 Å². The molecule has 2 heteroatoms. The predicted molar refractivity (Wildman–Crippen MR) is 74.7 cm³/mol. The van der Waals surface area contributed by atoms with Crippen LogP contribution in [-0.2, 0) is 0 Å². The van der Waals surface area contributed by atoms with Crippen LogP contribution < -0.4 is 5.32 Å². The van der Waals surface area contributed by atoms with Crippen molar-refractivity contribution in [2.24, 2.45) is 0 Å². The number of benzene rings is 1. The molecule has 0 unspecified atom stereocenters. The molecule has 0 aliphatic heterocycles. The van der Waals surface area contributed by atoms with Gasteiger partial charge in [-0.15, -0.1) is 0 Å². The third-order valence-corrected chi connectivity index (χ3v) is 3.06. The number of hydrogen-bond donors (Lipinski definition) is 2. The maximum atomic E-state index is 8.68. The van der Waals surface area contributed by atoms with Crippen molar-refractivity contribution in [2.75, 3.05) is 18.5 Å². The predicted octanol–water partition coefficient (Wildman–Crippen LogP) is 3.69. The lowest BCUT2D eigenvalue weighted by Crippen LogP contribution is -2.03. The molecule has 0 spiro atoms. The number of unbranched alkanes of at least 4 members (excludes halogenated alkanes) is 2. The molecule has 0 saturated heterocycles. The van der Waals surface area contributed by atoms with Crippen molar-refractivity contribution in [3.05, 3.63) is 29.3 Å². The van der Waals surface area contributed by atoms with Gasteiger partial charge in [0, 0.05) is 18.8 Å². The maximum Gasteiger partial charge on any atom is 0.0431 e. The molecular weight excluding hydrogens is 210 g/mol. The van der Waals surface area contributed by atoms with Crippen molar-refractivity contribution in [1.29, 1.82) is 0 Å². The largest absolute Gasteiger partial charge is 0.396 e. The fourth-order valence-corrected chi connectivity index (χ4v) is 2.08. The van der Waals surface area contributed by atoms with E-state index < -0.39 is 0 Å². The average molecular weight is 235 g/mol. The summed E-state index contributed by atoms with van der Waals surface area (Å²) < 4.78 is 0. The highest BCUT2D eigenvalue weighted by atomic mass is 16.2. The number of rotatable bonds is 7. The van der Waals surface area contributed by atoms with Gasteiger partial charge >= 0.3 is 0 Å². The van der Waals surface area contributed by atoms with Gasteiger partial charge in [-0.2, -0.15) is 0 Å². The van der Waals surface area contributed by atoms with Gasteiger partial charge in [-0.05, 0) is 55.4 Å². The molecule has 0 fully saturated rings. The SMILES string of the molecule is Cc1cc(NCCCCCO)ccc1C(C)C. The minimum atomic E-state index is 0.308. The lowest BCUT2D eigenvalue weighted by atomic mass is 9.98. The summed E-state index contributed by atoms with van der Waals surface area (Å²) >= 11 is 0. The second kappa shape index (κ2) is 7.33. The minimum absolute atomic E-state index is 0.308. The first-order valence-electron chi connectivity index (χ1n) is 6.60. The van der Waals surface area contributed by atoms with E-state index in [9.17, 15) is 0 Å². The molecule has 0 atom stereocenters. The van der Waals surface area contributed by atoms with Gasteiger partial charge in [0.1, 0.15) is 0 Å². The Morgan fingerprint density at radius 2 is 1.94 bits per heavy atom. The third-order valence-electron chi connectivity index (χ3n) is 3.06. The lowest BCUT2D eigenvalue weighted by molar-refractivity contribution is 0.283. The molecule has 0 bridgehead atoms. The highest BCUT2D eigenvalue weighted by molar-refractivity contribution is 5.49. The van der Waals surface area contributed by atoms with Gasteiger partial charge in [0.25, 0.3) is 0 Å². The number of aliphatic hydroxyl groups excluding tert-OH is 1. The van der Waals surface area contributed by atoms with Crippen LogP contribution in [0.2, 0.25) is 0 Å². The number of nitrogens with one attached hydrogen (secondary N) is 1. The topological polar surface area (TPSA) is 32.3 Å². The van der Waals surface area contributed by atoms with Crippen LogP contribution in [0, 0.1) is 6.92 Å². The van der Waals surface area contributed by atoms with Gasteiger partial charge in [0.05, 0.1) is 0 Å². The fourth-order valence-electron chi connectivity index (χ4n) is 2.08. The van der Waals surface area contributed by atoms with Crippen LogP contribution in [0.4, 0.5) is 5.69 Å². The molecule has 96 valence electrons. The Morgan fingerprint density at radius 3 is 2.53 bits per heavy atom. The second-order valence-corrected chi connectivity index (χ2v) is 4.94. The van der Waals surface area contributed by atoms with Crippen LogP contribution in [0.3, 0.4) is 0 Å². The van der Waals surface area contributed by atoms with Crippen LogP contribution in [0.25, 0.3) is 0 Å². The highest BCUT2D eigenvalue weighted by Crippen LogP contribution is 2.22. The van der Waals surface area contributed by atoms with E-state index >= 15 is 0 Å². The first-order valence-corrected chi connectivity index (χ1v) is 6.60. The van der Waals surface area contributed by atoms with Crippen LogP contribution in [0.5, 0.6) is 0 Å². The molecule has 0 radical (unpaired) electrons. The van der Waals surface area contributed by atoms with Gasteiger partial charge < -0.3 is 10.4 Å². The summed E-state index contributed by atoms with van der Waals surface area (Å²) in [7, 11) is 0. The zero-order valence-corrected chi connectivity index (χ0v) is 11.3. The van der Waals surface area contributed by atoms with E-state index in [2.05, 4.69) is 44.3 Å². The first kappa shape index (κ1) is 14.0. The number of anilines is 1. The lowest BCUT2D eigenvalue weighted by Gasteiger charge is -2.12. The average Bonchev–Trinajstić information content (AvgIpc) is 2.28. The van der Waals surface area contributed by atoms with E-state index in [0.717, 1.165) is 25.8 Å². The molecule has 0 aromatic heterocycles. The summed E-state index contributed by atoms with van der Waals surface area (Å²) in [5.41, 5.74) is 3.99. The van der Waals surface area contributed by atoms with Crippen LogP contribution in [0.15, 0.2) is 18.2 Å². The standard InChI is InChI=1S/C15H25NO/c1-12(2)15-8-7-14(11-13(15)3)16-9-5-4-6-10-17/h7-8,11-12,16-17H,4-6,9-10H2,1-3H3. The van der Waals surface area contributed by atoms with Crippen molar-refractivity contribution >= 4 is 5.69 Å². The molecule has 0 saturated carbocycles. The van der Waals surface area contributed by atoms with E-state index in [1.807, 2.05) is 0 Å². The van der Waals surface area contributed by atoms with E-state index in [-0.39, 0.29) is 0 Å². The Hall–Kier alpha value is -1.02. The van der Waals surface area contributed by atoms with Crippen molar-refractivity contribution in [3.8, 4) is 0 Å². The molecule has 0 aliphatic rings.